The lowest BCUT2D eigenvalue weighted by Crippen LogP contribution is -2.56. The van der Waals surface area contributed by atoms with E-state index in [4.69, 9.17) is 0 Å². The van der Waals surface area contributed by atoms with Gasteiger partial charge in [-0.25, -0.2) is 0 Å². The first-order chi connectivity index (χ1) is 9.66. The molecule has 0 aromatic heterocycles. The molecule has 20 heavy (non-hydrogen) atoms. The van der Waals surface area contributed by atoms with Crippen molar-refractivity contribution in [3.63, 3.8) is 0 Å². The van der Waals surface area contributed by atoms with Gasteiger partial charge in [0.15, 0.2) is 0 Å². The van der Waals surface area contributed by atoms with Crippen molar-refractivity contribution in [3.8, 4) is 0 Å². The fraction of sp³-hybridized carbons (Fsp3) is 0.600. The fourth-order valence-corrected chi connectivity index (χ4v) is 3.29. The topological polar surface area (TPSA) is 51.4 Å². The average molecular weight is 274 g/mol. The Kier molecular flexibility index (Phi) is 3.61. The molecule has 0 aromatic rings. The predicted octanol–water partition coefficient (Wildman–Crippen LogP) is 1.37. The van der Waals surface area contributed by atoms with Crippen LogP contribution in [0.1, 0.15) is 26.2 Å². The molecule has 0 saturated heterocycles. The zero-order chi connectivity index (χ0) is 14.0. The summed E-state index contributed by atoms with van der Waals surface area (Å²) in [5.74, 6) is 0. The predicted molar refractivity (Wildman–Crippen MR) is 80.7 cm³/mol. The van der Waals surface area contributed by atoms with Gasteiger partial charge < -0.3 is 14.9 Å². The lowest BCUT2D eigenvalue weighted by Gasteiger charge is -2.48. The second-order valence-corrected chi connectivity index (χ2v) is 6.03. The van der Waals surface area contributed by atoms with E-state index in [1.165, 1.54) is 0 Å². The number of aliphatic hydroxyl groups is 1. The summed E-state index contributed by atoms with van der Waals surface area (Å²) in [6.07, 6.45) is 14.4. The van der Waals surface area contributed by atoms with Crippen molar-refractivity contribution >= 4 is 12.4 Å². The first-order valence-electron chi connectivity index (χ1n) is 7.23. The summed E-state index contributed by atoms with van der Waals surface area (Å²) >= 11 is 0. The molecule has 1 aliphatic carbocycles. The molecule has 108 valence electrons. The highest BCUT2D eigenvalue weighted by atomic mass is 16.3. The van der Waals surface area contributed by atoms with Crippen molar-refractivity contribution in [2.24, 2.45) is 9.98 Å². The van der Waals surface area contributed by atoms with Crippen molar-refractivity contribution in [3.05, 3.63) is 24.6 Å². The van der Waals surface area contributed by atoms with Crippen LogP contribution in [0.3, 0.4) is 0 Å². The van der Waals surface area contributed by atoms with Crippen LogP contribution in [0.2, 0.25) is 0 Å². The van der Waals surface area contributed by atoms with E-state index in [2.05, 4.69) is 32.2 Å². The summed E-state index contributed by atoms with van der Waals surface area (Å²) in [6, 6.07) is 0.646. The van der Waals surface area contributed by atoms with E-state index in [-0.39, 0.29) is 6.04 Å². The molecule has 3 unspecified atom stereocenters. The van der Waals surface area contributed by atoms with Crippen molar-refractivity contribution < 1.29 is 5.11 Å². The van der Waals surface area contributed by atoms with Crippen LogP contribution in [0, 0.1) is 0 Å². The Morgan fingerprint density at radius 2 is 1.65 bits per heavy atom. The standard InChI is InChI=1S/C15H22N4O/c1-15(20)5-4-13(18-8-2-6-16-11-18)14(10-15)19-9-3-7-17-12-19/h2-3,6-9,13-14,20H,4-5,10-12H2,1H3. The SMILES string of the molecule is CC1(O)CCC(N2C=CC=NC2)C(N2C=CC=NC2)C1. The third-order valence-electron chi connectivity index (χ3n) is 4.35. The molecule has 5 heteroatoms. The normalized spacial score (nSPS) is 36.7. The summed E-state index contributed by atoms with van der Waals surface area (Å²) in [7, 11) is 0. The zero-order valence-electron chi connectivity index (χ0n) is 11.9. The van der Waals surface area contributed by atoms with Crippen LogP contribution in [0.25, 0.3) is 0 Å². The molecular weight excluding hydrogens is 252 g/mol. The van der Waals surface area contributed by atoms with E-state index in [0.717, 1.165) is 19.3 Å². The number of rotatable bonds is 2. The van der Waals surface area contributed by atoms with E-state index in [1.54, 1.807) is 0 Å². The number of hydrogen-bond acceptors (Lipinski definition) is 5. The Bertz CT molecular complexity index is 466. The Morgan fingerprint density at radius 1 is 1.05 bits per heavy atom. The Hall–Kier alpha value is -1.62. The molecule has 5 nitrogen and oxygen atoms in total. The Labute approximate surface area is 120 Å². The van der Waals surface area contributed by atoms with E-state index in [1.807, 2.05) is 31.5 Å². The zero-order valence-corrected chi connectivity index (χ0v) is 11.9. The minimum atomic E-state index is -0.584. The van der Waals surface area contributed by atoms with Crippen LogP contribution >= 0.6 is 0 Å². The van der Waals surface area contributed by atoms with Crippen molar-refractivity contribution in [1.29, 1.82) is 0 Å². The number of aliphatic imine (C=N–C) groups is 2. The lowest BCUT2D eigenvalue weighted by atomic mass is 9.79. The molecule has 0 radical (unpaired) electrons. The monoisotopic (exact) mass is 274 g/mol. The molecule has 2 aliphatic heterocycles. The van der Waals surface area contributed by atoms with Gasteiger partial charge in [-0.15, -0.1) is 0 Å². The number of allylic oxidation sites excluding steroid dienone is 2. The van der Waals surface area contributed by atoms with Gasteiger partial charge in [-0.3, -0.25) is 9.98 Å². The highest BCUT2D eigenvalue weighted by molar-refractivity contribution is 5.72. The van der Waals surface area contributed by atoms with Gasteiger partial charge in [0.05, 0.1) is 17.7 Å². The average Bonchev–Trinajstić information content (AvgIpc) is 2.48. The summed E-state index contributed by atoms with van der Waals surface area (Å²) in [4.78, 5) is 13.2. The van der Waals surface area contributed by atoms with E-state index in [0.29, 0.717) is 19.4 Å². The molecule has 0 spiro atoms. The van der Waals surface area contributed by atoms with E-state index in [9.17, 15) is 5.11 Å². The van der Waals surface area contributed by atoms with Crippen LogP contribution < -0.4 is 0 Å². The van der Waals surface area contributed by atoms with Gasteiger partial charge in [0.25, 0.3) is 0 Å². The Morgan fingerprint density at radius 3 is 2.20 bits per heavy atom. The molecule has 1 fully saturated rings. The van der Waals surface area contributed by atoms with Gasteiger partial charge in [0, 0.05) is 24.8 Å². The highest BCUT2D eigenvalue weighted by Gasteiger charge is 2.40. The lowest BCUT2D eigenvalue weighted by molar-refractivity contribution is -0.0365. The molecule has 0 amide bonds. The van der Waals surface area contributed by atoms with Gasteiger partial charge in [-0.1, -0.05) is 0 Å². The maximum atomic E-state index is 10.4. The molecule has 2 heterocycles. The molecule has 0 aromatic carbocycles. The molecule has 3 atom stereocenters. The van der Waals surface area contributed by atoms with Gasteiger partial charge >= 0.3 is 0 Å². The van der Waals surface area contributed by atoms with Crippen LogP contribution in [0.15, 0.2) is 34.5 Å². The minimum Gasteiger partial charge on any atom is -0.390 e. The highest BCUT2D eigenvalue weighted by Crippen LogP contribution is 2.34. The first-order valence-corrected chi connectivity index (χ1v) is 7.23. The van der Waals surface area contributed by atoms with Crippen LogP contribution in [-0.4, -0.2) is 58.4 Å². The van der Waals surface area contributed by atoms with Crippen LogP contribution in [-0.2, 0) is 0 Å². The van der Waals surface area contributed by atoms with E-state index < -0.39 is 5.60 Å². The van der Waals surface area contributed by atoms with Gasteiger partial charge in [0.1, 0.15) is 13.3 Å². The summed E-state index contributed by atoms with van der Waals surface area (Å²) in [5, 5.41) is 10.4. The summed E-state index contributed by atoms with van der Waals surface area (Å²) in [6.45, 7) is 3.33. The molecular formula is C15H22N4O. The number of nitrogens with zero attached hydrogens (tertiary/aromatic N) is 4. The summed E-state index contributed by atoms with van der Waals surface area (Å²) in [5.41, 5.74) is -0.584. The van der Waals surface area contributed by atoms with Crippen molar-refractivity contribution in [2.45, 2.75) is 43.9 Å². The van der Waals surface area contributed by atoms with E-state index >= 15 is 0 Å². The fourth-order valence-electron chi connectivity index (χ4n) is 3.29. The second kappa shape index (κ2) is 5.40. The van der Waals surface area contributed by atoms with Crippen LogP contribution in [0.5, 0.6) is 0 Å². The molecule has 0 bridgehead atoms. The maximum absolute atomic E-state index is 10.4. The van der Waals surface area contributed by atoms with Crippen LogP contribution in [0.4, 0.5) is 0 Å². The molecule has 1 saturated carbocycles. The first kappa shape index (κ1) is 13.4. The summed E-state index contributed by atoms with van der Waals surface area (Å²) < 4.78 is 0. The van der Waals surface area contributed by atoms with Gasteiger partial charge in [-0.2, -0.15) is 0 Å². The number of hydrogen-bond donors (Lipinski definition) is 1. The molecule has 1 N–H and O–H groups in total. The van der Waals surface area contributed by atoms with Gasteiger partial charge in [-0.05, 0) is 38.3 Å². The molecule has 3 rings (SSSR count). The third-order valence-corrected chi connectivity index (χ3v) is 4.35. The minimum absolute atomic E-state index is 0.269. The Balaban J connectivity index is 1.79. The van der Waals surface area contributed by atoms with Crippen molar-refractivity contribution in [1.82, 2.24) is 9.80 Å². The smallest absolute Gasteiger partial charge is 0.110 e. The molecule has 3 aliphatic rings. The van der Waals surface area contributed by atoms with Crippen molar-refractivity contribution in [2.75, 3.05) is 13.3 Å². The quantitative estimate of drug-likeness (QED) is 0.827. The largest absolute Gasteiger partial charge is 0.390 e. The van der Waals surface area contributed by atoms with Gasteiger partial charge in [0.2, 0.25) is 0 Å². The third kappa shape index (κ3) is 2.77. The maximum Gasteiger partial charge on any atom is 0.110 e. The second-order valence-electron chi connectivity index (χ2n) is 6.03.